The van der Waals surface area contributed by atoms with Crippen molar-refractivity contribution in [2.24, 2.45) is 15.6 Å². The fraction of sp³-hybridized carbons (Fsp3) is 0.609. The number of amides is 1. The number of anilines is 1. The summed E-state index contributed by atoms with van der Waals surface area (Å²) in [7, 11) is -1.33. The highest BCUT2D eigenvalue weighted by molar-refractivity contribution is 7.60. The van der Waals surface area contributed by atoms with Crippen LogP contribution >= 0.6 is 8.30 Å². The van der Waals surface area contributed by atoms with E-state index >= 15 is 0 Å². The lowest BCUT2D eigenvalue weighted by atomic mass is 9.84. The number of fused-ring (bicyclic) bond motifs is 1. The topological polar surface area (TPSA) is 87.0 Å². The van der Waals surface area contributed by atoms with Gasteiger partial charge in [-0.05, 0) is 42.7 Å². The van der Waals surface area contributed by atoms with Crippen LogP contribution in [0.15, 0.2) is 28.4 Å². The van der Waals surface area contributed by atoms with E-state index in [1.807, 2.05) is 40.7 Å². The van der Waals surface area contributed by atoms with Crippen LogP contribution in [0, 0.1) is 17.8 Å². The van der Waals surface area contributed by atoms with Gasteiger partial charge in [0.05, 0.1) is 18.0 Å². The average Bonchev–Trinajstić information content (AvgIpc) is 2.90. The first kappa shape index (κ1) is 23.7. The third kappa shape index (κ3) is 4.93. The van der Waals surface area contributed by atoms with Crippen LogP contribution in [0.4, 0.5) is 5.82 Å². The number of carbonyl (C=O) groups excluding carboxylic acids is 1. The van der Waals surface area contributed by atoms with Crippen molar-refractivity contribution in [1.82, 2.24) is 9.88 Å². The van der Waals surface area contributed by atoms with Crippen molar-refractivity contribution in [3.63, 3.8) is 0 Å². The molecular formula is C23H35N4O3P. The van der Waals surface area contributed by atoms with Crippen LogP contribution in [0.3, 0.4) is 0 Å². The quantitative estimate of drug-likeness (QED) is 0.641. The molecule has 31 heavy (non-hydrogen) atoms. The van der Waals surface area contributed by atoms with Crippen molar-refractivity contribution in [2.75, 3.05) is 18.5 Å². The molecule has 7 nitrogen and oxygen atoms in total. The summed E-state index contributed by atoms with van der Waals surface area (Å²) in [5.74, 6) is 0.844. The van der Waals surface area contributed by atoms with Crippen LogP contribution < -0.4 is 10.6 Å². The zero-order valence-electron chi connectivity index (χ0n) is 19.9. The van der Waals surface area contributed by atoms with Gasteiger partial charge in [0.2, 0.25) is 0 Å². The largest absolute Gasteiger partial charge is 0.509 e. The van der Waals surface area contributed by atoms with Gasteiger partial charge in [0, 0.05) is 12.7 Å². The molecule has 2 aliphatic rings. The Hall–Kier alpha value is -1.98. The smallest absolute Gasteiger partial charge is 0.261 e. The number of amidine groups is 1. The van der Waals surface area contributed by atoms with Crippen LogP contribution in [0.5, 0.6) is 0 Å². The summed E-state index contributed by atoms with van der Waals surface area (Å²) in [6.07, 6.45) is 2.60. The Balaban J connectivity index is 2.03. The molecule has 170 valence electrons. The summed E-state index contributed by atoms with van der Waals surface area (Å²) < 4.78 is 10.6. The standard InChI is InChI=1S/C23H35N4O3P/c1-9-30-31-15-12-14(2)13-24-19(15)25-20(26-31)16-17(28)18(23(6,7)8)27(21(16)29)11-10-22(3,4)5/h12-13,18,28H,9-11H2,1-8H3,(H,24,25,26)/t18-,31?/m1/s1. The number of nitrogens with zero attached hydrogens (tertiary/aromatic N) is 3. The van der Waals surface area contributed by atoms with Crippen LogP contribution in [-0.4, -0.2) is 45.9 Å². The van der Waals surface area contributed by atoms with Crippen molar-refractivity contribution in [3.8, 4) is 0 Å². The molecule has 8 heteroatoms. The number of hydrogen-bond acceptors (Lipinski definition) is 6. The fourth-order valence-corrected chi connectivity index (χ4v) is 5.34. The molecule has 0 aromatic carbocycles. The molecule has 0 bridgehead atoms. The number of nitrogens with one attached hydrogen (secondary N) is 1. The molecule has 3 heterocycles. The Labute approximate surface area is 186 Å². The molecule has 3 rings (SSSR count). The van der Waals surface area contributed by atoms with Gasteiger partial charge in [-0.25, -0.2) is 9.75 Å². The van der Waals surface area contributed by atoms with E-state index in [4.69, 9.17) is 9.29 Å². The predicted molar refractivity (Wildman–Crippen MR) is 127 cm³/mol. The van der Waals surface area contributed by atoms with Gasteiger partial charge in [-0.3, -0.25) is 4.79 Å². The zero-order chi connectivity index (χ0) is 23.1. The second kappa shape index (κ2) is 8.51. The molecule has 2 atom stereocenters. The van der Waals surface area contributed by atoms with E-state index in [1.54, 1.807) is 11.1 Å². The van der Waals surface area contributed by atoms with Crippen molar-refractivity contribution in [3.05, 3.63) is 29.2 Å². The second-order valence-corrected chi connectivity index (χ2v) is 12.0. The number of aryl methyl sites for hydroxylation is 1. The molecule has 1 aromatic heterocycles. The molecule has 2 aliphatic heterocycles. The first-order valence-electron chi connectivity index (χ1n) is 10.8. The Morgan fingerprint density at radius 1 is 1.26 bits per heavy atom. The Kier molecular flexibility index (Phi) is 6.50. The highest BCUT2D eigenvalue weighted by Crippen LogP contribution is 2.45. The summed E-state index contributed by atoms with van der Waals surface area (Å²) in [5, 5.41) is 15.3. The van der Waals surface area contributed by atoms with E-state index in [0.717, 1.165) is 17.3 Å². The average molecular weight is 447 g/mol. The van der Waals surface area contributed by atoms with E-state index in [-0.39, 0.29) is 28.1 Å². The van der Waals surface area contributed by atoms with Gasteiger partial charge in [0.25, 0.3) is 5.91 Å². The molecule has 0 spiro atoms. The van der Waals surface area contributed by atoms with Crippen LogP contribution in [-0.2, 0) is 9.32 Å². The Morgan fingerprint density at radius 3 is 2.52 bits per heavy atom. The van der Waals surface area contributed by atoms with E-state index < -0.39 is 14.3 Å². The maximum Gasteiger partial charge on any atom is 0.261 e. The van der Waals surface area contributed by atoms with E-state index in [9.17, 15) is 9.90 Å². The zero-order valence-corrected chi connectivity index (χ0v) is 20.8. The summed E-state index contributed by atoms with van der Waals surface area (Å²) in [5.41, 5.74) is 0.999. The number of rotatable bonds is 5. The first-order chi connectivity index (χ1) is 14.3. The van der Waals surface area contributed by atoms with Crippen molar-refractivity contribution in [1.29, 1.82) is 0 Å². The molecule has 1 unspecified atom stereocenters. The molecule has 0 saturated heterocycles. The summed E-state index contributed by atoms with van der Waals surface area (Å²) in [4.78, 5) is 19.8. The molecule has 0 radical (unpaired) electrons. The molecule has 1 amide bonds. The highest BCUT2D eigenvalue weighted by atomic mass is 31.2. The maximum atomic E-state index is 13.6. The lowest BCUT2D eigenvalue weighted by Crippen LogP contribution is -2.45. The summed E-state index contributed by atoms with van der Waals surface area (Å²) in [6, 6.07) is 1.60. The summed E-state index contributed by atoms with van der Waals surface area (Å²) in [6.45, 7) is 17.5. The fourth-order valence-electron chi connectivity index (χ4n) is 3.85. The van der Waals surface area contributed by atoms with E-state index in [1.165, 1.54) is 0 Å². The second-order valence-electron chi connectivity index (χ2n) is 10.5. The lowest BCUT2D eigenvalue weighted by molar-refractivity contribution is -0.128. The van der Waals surface area contributed by atoms with E-state index in [0.29, 0.717) is 24.8 Å². The minimum atomic E-state index is -1.33. The van der Waals surface area contributed by atoms with Crippen LogP contribution in [0.1, 0.15) is 60.5 Å². The van der Waals surface area contributed by atoms with Crippen molar-refractivity contribution >= 4 is 31.2 Å². The monoisotopic (exact) mass is 446 g/mol. The number of pyridine rings is 1. The van der Waals surface area contributed by atoms with E-state index in [2.05, 4.69) is 31.1 Å². The molecule has 2 N–H and O–H groups in total. The Bertz CT molecular complexity index is 928. The highest BCUT2D eigenvalue weighted by Gasteiger charge is 2.48. The SMILES string of the molecule is CCOP1N=C(C2=C(O)[C@H](C(C)(C)C)N(CCC(C)(C)C)C2=O)Nc2ncc(C)cc21. The molecule has 0 saturated carbocycles. The van der Waals surface area contributed by atoms with Gasteiger partial charge in [-0.2, -0.15) is 0 Å². The van der Waals surface area contributed by atoms with Gasteiger partial charge in [-0.15, -0.1) is 0 Å². The number of hydrogen-bond donors (Lipinski definition) is 2. The van der Waals surface area contributed by atoms with Gasteiger partial charge in [-0.1, -0.05) is 41.5 Å². The molecule has 0 fully saturated rings. The van der Waals surface area contributed by atoms with Crippen molar-refractivity contribution in [2.45, 2.75) is 67.9 Å². The van der Waals surface area contributed by atoms with Gasteiger partial charge >= 0.3 is 0 Å². The molecule has 1 aromatic rings. The van der Waals surface area contributed by atoms with Gasteiger partial charge in [0.15, 0.2) is 8.30 Å². The minimum absolute atomic E-state index is 0.0691. The molecular weight excluding hydrogens is 411 g/mol. The first-order valence-corrected chi connectivity index (χ1v) is 12.0. The number of aromatic nitrogens is 1. The minimum Gasteiger partial charge on any atom is -0.509 e. The van der Waals surface area contributed by atoms with Gasteiger partial charge in [0.1, 0.15) is 23.0 Å². The normalized spacial score (nSPS) is 21.9. The number of carbonyl (C=O) groups is 1. The number of aliphatic hydroxyl groups is 1. The van der Waals surface area contributed by atoms with Crippen LogP contribution in [0.2, 0.25) is 0 Å². The molecule has 0 aliphatic carbocycles. The van der Waals surface area contributed by atoms with Crippen LogP contribution in [0.25, 0.3) is 0 Å². The summed E-state index contributed by atoms with van der Waals surface area (Å²) >= 11 is 0. The van der Waals surface area contributed by atoms with Crippen molar-refractivity contribution < 1.29 is 14.4 Å². The third-order valence-electron chi connectivity index (χ3n) is 5.35. The van der Waals surface area contributed by atoms with Gasteiger partial charge < -0.3 is 19.8 Å². The third-order valence-corrected chi connectivity index (χ3v) is 6.99. The predicted octanol–water partition coefficient (Wildman–Crippen LogP) is 4.69. The Morgan fingerprint density at radius 2 is 1.94 bits per heavy atom. The lowest BCUT2D eigenvalue weighted by Gasteiger charge is -2.36. The number of aliphatic hydroxyl groups excluding tert-OH is 1. The maximum absolute atomic E-state index is 13.6.